The Morgan fingerprint density at radius 1 is 1.13 bits per heavy atom. The van der Waals surface area contributed by atoms with E-state index >= 15 is 0 Å². The zero-order chi connectivity index (χ0) is 28.5. The molecular weight excluding hydrogens is 564 g/mol. The number of hydrogen-bond acceptors (Lipinski definition) is 4. The molecule has 204 valence electrons. The monoisotopic (exact) mass is 581 g/mol. The van der Waals surface area contributed by atoms with E-state index in [9.17, 15) is 39.6 Å². The van der Waals surface area contributed by atoms with Gasteiger partial charge in [-0.3, -0.25) is 4.79 Å². The minimum absolute atomic E-state index is 0.175. The molecule has 2 aromatic carbocycles. The number of sulfonamides is 1. The summed E-state index contributed by atoms with van der Waals surface area (Å²) in [5.41, 5.74) is -4.40. The maximum absolute atomic E-state index is 14.0. The van der Waals surface area contributed by atoms with Gasteiger partial charge >= 0.3 is 12.4 Å². The molecule has 0 atom stereocenters. The van der Waals surface area contributed by atoms with Crippen LogP contribution in [0.3, 0.4) is 0 Å². The lowest BCUT2D eigenvalue weighted by Gasteiger charge is -2.18. The van der Waals surface area contributed by atoms with Crippen LogP contribution >= 0.6 is 11.6 Å². The van der Waals surface area contributed by atoms with Crippen LogP contribution in [0.4, 0.5) is 32.0 Å². The summed E-state index contributed by atoms with van der Waals surface area (Å²) in [5, 5.41) is 5.60. The van der Waals surface area contributed by atoms with Crippen LogP contribution < -0.4 is 5.32 Å². The molecule has 38 heavy (non-hydrogen) atoms. The number of carbonyl (C=O) groups excluding carboxylic acids is 1. The first-order valence-electron chi connectivity index (χ1n) is 10.4. The fraction of sp³-hybridized carbons (Fsp3) is 0.227. The van der Waals surface area contributed by atoms with Gasteiger partial charge in [0.05, 0.1) is 35.1 Å². The van der Waals surface area contributed by atoms with Gasteiger partial charge in [-0.2, -0.15) is 39.9 Å². The Morgan fingerprint density at radius 3 is 2.34 bits per heavy atom. The molecule has 0 saturated heterocycles. The van der Waals surface area contributed by atoms with E-state index in [1.165, 1.54) is 31.1 Å². The van der Waals surface area contributed by atoms with E-state index in [0.717, 1.165) is 6.34 Å². The fourth-order valence-corrected chi connectivity index (χ4v) is 4.43. The smallest absolute Gasteiger partial charge is 0.368 e. The van der Waals surface area contributed by atoms with Crippen molar-refractivity contribution in [3.8, 4) is 5.69 Å². The van der Waals surface area contributed by atoms with Gasteiger partial charge in [0.1, 0.15) is 11.2 Å². The number of carbonyl (C=O) groups is 1. The lowest BCUT2D eigenvalue weighted by Crippen LogP contribution is -2.20. The second-order valence-corrected chi connectivity index (χ2v) is 10.0. The molecule has 0 aliphatic rings. The predicted octanol–water partition coefficient (Wildman–Crippen LogP) is 5.02. The number of amides is 1. The van der Waals surface area contributed by atoms with Crippen LogP contribution in [0.5, 0.6) is 0 Å². The Hall–Kier alpha value is -3.59. The number of anilines is 1. The minimum Gasteiger partial charge on any atom is -0.368 e. The third kappa shape index (κ3) is 6.83. The fourth-order valence-electron chi connectivity index (χ4n) is 3.12. The normalized spacial score (nSPS) is 12.7. The van der Waals surface area contributed by atoms with Gasteiger partial charge in [0.2, 0.25) is 5.91 Å². The van der Waals surface area contributed by atoms with E-state index in [4.69, 9.17) is 11.6 Å². The van der Waals surface area contributed by atoms with Crippen molar-refractivity contribution in [3.63, 3.8) is 0 Å². The van der Waals surface area contributed by atoms with Crippen molar-refractivity contribution in [3.05, 3.63) is 70.5 Å². The summed E-state index contributed by atoms with van der Waals surface area (Å²) in [7, 11) is -1.97. The number of nitrogens with one attached hydrogen (secondary N) is 1. The first-order chi connectivity index (χ1) is 17.5. The van der Waals surface area contributed by atoms with E-state index in [1.54, 1.807) is 12.1 Å². The van der Waals surface area contributed by atoms with Crippen molar-refractivity contribution in [2.45, 2.75) is 23.7 Å². The van der Waals surface area contributed by atoms with Crippen LogP contribution in [-0.4, -0.2) is 49.4 Å². The zero-order valence-corrected chi connectivity index (χ0v) is 21.0. The van der Waals surface area contributed by atoms with E-state index in [2.05, 4.69) is 9.50 Å². The van der Waals surface area contributed by atoms with Crippen LogP contribution in [0.2, 0.25) is 5.02 Å². The topological polar surface area (TPSA) is 96.7 Å². The largest absolute Gasteiger partial charge is 0.419 e. The lowest BCUT2D eigenvalue weighted by atomic mass is 10.1. The van der Waals surface area contributed by atoms with Gasteiger partial charge in [-0.25, -0.2) is 4.68 Å². The number of rotatable bonds is 7. The van der Waals surface area contributed by atoms with Gasteiger partial charge in [-0.15, -0.1) is 4.40 Å². The van der Waals surface area contributed by atoms with Gasteiger partial charge in [0, 0.05) is 25.3 Å². The highest BCUT2D eigenvalue weighted by Crippen LogP contribution is 2.40. The molecule has 0 aliphatic heterocycles. The minimum atomic E-state index is -5.16. The van der Waals surface area contributed by atoms with Crippen LogP contribution in [0.1, 0.15) is 16.7 Å². The highest BCUT2D eigenvalue weighted by atomic mass is 35.5. The maximum atomic E-state index is 14.0. The van der Waals surface area contributed by atoms with Crippen LogP contribution in [0, 0.1) is 0 Å². The molecule has 0 spiro atoms. The molecule has 3 rings (SSSR count). The quantitative estimate of drug-likeness (QED) is 0.240. The van der Waals surface area contributed by atoms with Crippen LogP contribution in [0.25, 0.3) is 5.69 Å². The Labute approximate surface area is 217 Å². The van der Waals surface area contributed by atoms with Crippen molar-refractivity contribution >= 4 is 39.6 Å². The summed E-state index contributed by atoms with van der Waals surface area (Å²) in [5.74, 6) is -0.963. The molecular formula is C22H18ClF6N5O3S. The summed E-state index contributed by atoms with van der Waals surface area (Å²) < 4.78 is 111. The summed E-state index contributed by atoms with van der Waals surface area (Å²) in [6.07, 6.45) is -9.02. The maximum Gasteiger partial charge on any atom is 0.419 e. The van der Waals surface area contributed by atoms with E-state index < -0.39 is 62.1 Å². The van der Waals surface area contributed by atoms with Gasteiger partial charge in [0.15, 0.2) is 0 Å². The molecule has 0 aliphatic carbocycles. The first kappa shape index (κ1) is 29.0. The summed E-state index contributed by atoms with van der Waals surface area (Å²) in [6, 6.07) is 6.81. The molecule has 3 aromatic rings. The number of hydrogen-bond donors (Lipinski definition) is 1. The van der Waals surface area contributed by atoms with Crippen molar-refractivity contribution in [1.82, 2.24) is 14.7 Å². The number of alkyl halides is 6. The molecule has 8 nitrogen and oxygen atoms in total. The molecule has 1 aromatic heterocycles. The van der Waals surface area contributed by atoms with E-state index in [-0.39, 0.29) is 16.7 Å². The molecule has 1 heterocycles. The van der Waals surface area contributed by atoms with E-state index in [0.29, 0.717) is 23.1 Å². The molecule has 0 unspecified atom stereocenters. The van der Waals surface area contributed by atoms with Crippen LogP contribution in [0.15, 0.2) is 58.1 Å². The summed E-state index contributed by atoms with van der Waals surface area (Å²) in [4.78, 5) is 12.9. The first-order valence-corrected chi connectivity index (χ1v) is 12.2. The van der Waals surface area contributed by atoms with E-state index in [1.807, 2.05) is 5.32 Å². The van der Waals surface area contributed by atoms with Crippen molar-refractivity contribution in [2.75, 3.05) is 19.4 Å². The number of halogens is 7. The molecule has 0 bridgehead atoms. The van der Waals surface area contributed by atoms with Crippen LogP contribution in [-0.2, 0) is 33.6 Å². The number of nitrogens with zero attached hydrogens (tertiary/aromatic N) is 4. The van der Waals surface area contributed by atoms with Gasteiger partial charge in [-0.05, 0) is 23.8 Å². The highest BCUT2D eigenvalue weighted by molar-refractivity contribution is 7.90. The SMILES string of the molecule is CN(C)C=NS(=O)(=O)c1cc(NC(=O)Cc2ccccc2Cl)c(C(F)(F)F)cc1-n1cc(C(F)(F)F)cn1. The third-order valence-electron chi connectivity index (χ3n) is 4.84. The summed E-state index contributed by atoms with van der Waals surface area (Å²) >= 11 is 5.99. The van der Waals surface area contributed by atoms with Crippen molar-refractivity contribution in [1.29, 1.82) is 0 Å². The Bertz CT molecular complexity index is 1480. The Balaban J connectivity index is 2.21. The predicted molar refractivity (Wildman–Crippen MR) is 127 cm³/mol. The second kappa shape index (κ2) is 10.6. The highest BCUT2D eigenvalue weighted by Gasteiger charge is 2.38. The second-order valence-electron chi connectivity index (χ2n) is 8.01. The molecule has 0 saturated carbocycles. The molecule has 16 heteroatoms. The average Bonchev–Trinajstić information content (AvgIpc) is 3.29. The number of benzene rings is 2. The molecule has 0 radical (unpaired) electrons. The Kier molecular flexibility index (Phi) is 8.12. The van der Waals surface area contributed by atoms with Gasteiger partial charge in [-0.1, -0.05) is 29.8 Å². The zero-order valence-electron chi connectivity index (χ0n) is 19.5. The summed E-state index contributed by atoms with van der Waals surface area (Å²) in [6.45, 7) is 0. The lowest BCUT2D eigenvalue weighted by molar-refractivity contribution is -0.138. The molecule has 1 amide bonds. The standard InChI is InChI=1S/C22H18ClF6N5O3S/c1-33(2)12-31-38(36,37)19-9-17(32-20(35)7-13-5-3-4-6-16(13)23)15(22(27,28)29)8-18(19)34-11-14(10-30-34)21(24,25)26/h3-6,8-12H,7H2,1-2H3,(H,32,35). The third-order valence-corrected chi connectivity index (χ3v) is 6.46. The van der Waals surface area contributed by atoms with Crippen molar-refractivity contribution < 1.29 is 39.6 Å². The molecule has 1 N–H and O–H groups in total. The van der Waals surface area contributed by atoms with Gasteiger partial charge in [0.25, 0.3) is 10.0 Å². The molecule has 0 fully saturated rings. The average molecular weight is 582 g/mol. The van der Waals surface area contributed by atoms with Crippen molar-refractivity contribution in [2.24, 2.45) is 4.40 Å². The number of aromatic nitrogens is 2. The van der Waals surface area contributed by atoms with Gasteiger partial charge < -0.3 is 10.2 Å². The Morgan fingerprint density at radius 2 is 1.79 bits per heavy atom.